The van der Waals surface area contributed by atoms with Gasteiger partial charge in [-0.2, -0.15) is 0 Å². The van der Waals surface area contributed by atoms with Crippen molar-refractivity contribution in [2.75, 3.05) is 0 Å². The van der Waals surface area contributed by atoms with E-state index >= 15 is 0 Å². The van der Waals surface area contributed by atoms with Gasteiger partial charge in [-0.1, -0.05) is 29.9 Å². The predicted molar refractivity (Wildman–Crippen MR) is 48.0 cm³/mol. The predicted octanol–water partition coefficient (Wildman–Crippen LogP) is 3.48. The molecule has 0 amide bonds. The van der Waals surface area contributed by atoms with Gasteiger partial charge >= 0.3 is 0 Å². The van der Waals surface area contributed by atoms with E-state index in [-0.39, 0.29) is 0 Å². The van der Waals surface area contributed by atoms with Crippen molar-refractivity contribution in [3.63, 3.8) is 0 Å². The molecule has 56 valence electrons. The van der Waals surface area contributed by atoms with E-state index in [0.717, 1.165) is 12.8 Å². The summed E-state index contributed by atoms with van der Waals surface area (Å²) >= 11 is 0. The fourth-order valence-corrected chi connectivity index (χ4v) is 0.674. The summed E-state index contributed by atoms with van der Waals surface area (Å²) in [6, 6.07) is 0. The summed E-state index contributed by atoms with van der Waals surface area (Å²) in [5.74, 6) is 0. The Morgan fingerprint density at radius 3 is 2.70 bits per heavy atom. The van der Waals surface area contributed by atoms with E-state index in [1.807, 2.05) is 19.1 Å². The van der Waals surface area contributed by atoms with E-state index < -0.39 is 0 Å². The summed E-state index contributed by atoms with van der Waals surface area (Å²) in [4.78, 5) is 0. The second-order valence-corrected chi connectivity index (χ2v) is 2.37. The third kappa shape index (κ3) is 5.36. The fraction of sp³-hybridized carbons (Fsp3) is 0.400. The molecule has 0 aromatic heterocycles. The minimum atomic E-state index is 1.08. The van der Waals surface area contributed by atoms with E-state index in [2.05, 4.69) is 25.7 Å². The molecule has 0 aromatic rings. The maximum atomic E-state index is 3.67. The number of hydrogen-bond donors (Lipinski definition) is 0. The lowest BCUT2D eigenvalue weighted by molar-refractivity contribution is 0.980. The highest BCUT2D eigenvalue weighted by Gasteiger charge is 1.83. The van der Waals surface area contributed by atoms with Crippen LogP contribution in [0.3, 0.4) is 0 Å². The first-order valence-electron chi connectivity index (χ1n) is 3.70. The van der Waals surface area contributed by atoms with Crippen LogP contribution in [0, 0.1) is 0 Å². The molecular weight excluding hydrogens is 120 g/mol. The second-order valence-electron chi connectivity index (χ2n) is 2.37. The van der Waals surface area contributed by atoms with Crippen molar-refractivity contribution in [3.05, 3.63) is 36.5 Å². The van der Waals surface area contributed by atoms with Crippen LogP contribution in [0.4, 0.5) is 0 Å². The summed E-state index contributed by atoms with van der Waals surface area (Å²) in [6.07, 6.45) is 10.4. The topological polar surface area (TPSA) is 0 Å². The van der Waals surface area contributed by atoms with Crippen LogP contribution in [0.2, 0.25) is 0 Å². The Labute approximate surface area is 64.0 Å². The van der Waals surface area contributed by atoms with E-state index in [1.165, 1.54) is 5.57 Å². The molecule has 0 aliphatic heterocycles. The van der Waals surface area contributed by atoms with Gasteiger partial charge in [0, 0.05) is 0 Å². The highest BCUT2D eigenvalue weighted by atomic mass is 13.9. The zero-order valence-corrected chi connectivity index (χ0v) is 6.93. The van der Waals surface area contributed by atoms with Crippen LogP contribution >= 0.6 is 0 Å². The molecule has 0 aliphatic carbocycles. The Bertz CT molecular complexity index is 138. The van der Waals surface area contributed by atoms with Crippen molar-refractivity contribution in [2.45, 2.75) is 26.7 Å². The van der Waals surface area contributed by atoms with Crippen molar-refractivity contribution in [1.82, 2.24) is 0 Å². The van der Waals surface area contributed by atoms with Gasteiger partial charge in [-0.05, 0) is 26.7 Å². The smallest absolute Gasteiger partial charge is 0.0285 e. The molecule has 10 heavy (non-hydrogen) atoms. The van der Waals surface area contributed by atoms with Crippen LogP contribution in [-0.2, 0) is 0 Å². The minimum Gasteiger partial charge on any atom is -0.103 e. The van der Waals surface area contributed by atoms with Crippen LogP contribution in [0.1, 0.15) is 26.7 Å². The van der Waals surface area contributed by atoms with Gasteiger partial charge in [-0.15, -0.1) is 6.58 Å². The molecule has 0 aromatic carbocycles. The molecule has 0 aliphatic rings. The van der Waals surface area contributed by atoms with Gasteiger partial charge < -0.3 is 0 Å². The Kier molecular flexibility index (Phi) is 5.85. The van der Waals surface area contributed by atoms with Gasteiger partial charge in [0.15, 0.2) is 0 Å². The van der Waals surface area contributed by atoms with Crippen LogP contribution in [-0.4, -0.2) is 0 Å². The molecule has 0 unspecified atom stereocenters. The molecule has 0 saturated carbocycles. The monoisotopic (exact) mass is 136 g/mol. The van der Waals surface area contributed by atoms with Crippen molar-refractivity contribution in [3.8, 4) is 0 Å². The Hall–Kier alpha value is -0.780. The van der Waals surface area contributed by atoms with Gasteiger partial charge in [0.1, 0.15) is 0 Å². The minimum absolute atomic E-state index is 1.08. The number of hydrogen-bond acceptors (Lipinski definition) is 0. The zero-order valence-electron chi connectivity index (χ0n) is 6.93. The maximum absolute atomic E-state index is 3.67. The first-order valence-corrected chi connectivity index (χ1v) is 3.70. The molecule has 0 bridgehead atoms. The summed E-state index contributed by atoms with van der Waals surface area (Å²) in [5.41, 5.74) is 1.41. The van der Waals surface area contributed by atoms with Crippen LogP contribution in [0.25, 0.3) is 0 Å². The first kappa shape index (κ1) is 9.22. The average molecular weight is 136 g/mol. The lowest BCUT2D eigenvalue weighted by Crippen LogP contribution is -1.72. The van der Waals surface area contributed by atoms with Crippen LogP contribution in [0.5, 0.6) is 0 Å². The molecule has 0 atom stereocenters. The highest BCUT2D eigenvalue weighted by Crippen LogP contribution is 2.03. The molecule has 0 N–H and O–H groups in total. The average Bonchev–Trinajstić information content (AvgIpc) is 1.97. The highest BCUT2D eigenvalue weighted by molar-refractivity contribution is 5.10. The third-order valence-electron chi connectivity index (χ3n) is 1.32. The molecule has 0 heteroatoms. The summed E-state index contributed by atoms with van der Waals surface area (Å²) in [6.45, 7) is 7.84. The van der Waals surface area contributed by atoms with Crippen molar-refractivity contribution in [1.29, 1.82) is 0 Å². The van der Waals surface area contributed by atoms with Crippen molar-refractivity contribution < 1.29 is 0 Å². The second kappa shape index (κ2) is 6.34. The zero-order chi connectivity index (χ0) is 7.82. The Balaban J connectivity index is 3.59. The molecule has 0 rings (SSSR count). The lowest BCUT2D eigenvalue weighted by Gasteiger charge is -1.93. The summed E-state index contributed by atoms with van der Waals surface area (Å²) < 4.78 is 0. The fourth-order valence-electron chi connectivity index (χ4n) is 0.674. The molecule has 0 fully saturated rings. The van der Waals surface area contributed by atoms with E-state index in [9.17, 15) is 0 Å². The Morgan fingerprint density at radius 1 is 1.50 bits per heavy atom. The molecule has 0 saturated heterocycles. The molecular formula is C10H16. The molecule has 0 heterocycles. The summed E-state index contributed by atoms with van der Waals surface area (Å²) in [7, 11) is 0. The molecule has 0 nitrogen and oxygen atoms in total. The SMILES string of the molecule is C=CCC/C(C)=C\C=C/C. The third-order valence-corrected chi connectivity index (χ3v) is 1.32. The van der Waals surface area contributed by atoms with E-state index in [0.29, 0.717) is 0 Å². The number of rotatable bonds is 4. The van der Waals surface area contributed by atoms with Crippen LogP contribution < -0.4 is 0 Å². The normalized spacial score (nSPS) is 12.4. The van der Waals surface area contributed by atoms with Crippen molar-refractivity contribution >= 4 is 0 Å². The Morgan fingerprint density at radius 2 is 2.20 bits per heavy atom. The van der Waals surface area contributed by atoms with E-state index in [4.69, 9.17) is 0 Å². The van der Waals surface area contributed by atoms with E-state index in [1.54, 1.807) is 0 Å². The van der Waals surface area contributed by atoms with Gasteiger partial charge in [0.2, 0.25) is 0 Å². The van der Waals surface area contributed by atoms with Crippen molar-refractivity contribution in [2.24, 2.45) is 0 Å². The largest absolute Gasteiger partial charge is 0.103 e. The molecule has 0 spiro atoms. The van der Waals surface area contributed by atoms with Gasteiger partial charge in [-0.3, -0.25) is 0 Å². The number of allylic oxidation sites excluding steroid dienone is 5. The summed E-state index contributed by atoms with van der Waals surface area (Å²) in [5, 5.41) is 0. The van der Waals surface area contributed by atoms with Gasteiger partial charge in [0.25, 0.3) is 0 Å². The van der Waals surface area contributed by atoms with Gasteiger partial charge in [-0.25, -0.2) is 0 Å². The standard InChI is InChI=1S/C10H16/c1-4-6-8-10(3)9-7-5-2/h4-5,7,9H,1,6,8H2,2-3H3/b7-5-,10-9-. The first-order chi connectivity index (χ1) is 4.81. The quantitative estimate of drug-likeness (QED) is 0.410. The van der Waals surface area contributed by atoms with Crippen LogP contribution in [0.15, 0.2) is 36.5 Å². The molecule has 0 radical (unpaired) electrons. The maximum Gasteiger partial charge on any atom is -0.0285 e. The van der Waals surface area contributed by atoms with Gasteiger partial charge in [0.05, 0.1) is 0 Å². The lowest BCUT2D eigenvalue weighted by atomic mass is 10.1.